The van der Waals surface area contributed by atoms with Gasteiger partial charge in [0.15, 0.2) is 8.32 Å². The van der Waals surface area contributed by atoms with Crippen LogP contribution in [0.2, 0.25) is 23.2 Å². The van der Waals surface area contributed by atoms with E-state index in [1.807, 2.05) is 0 Å². The highest BCUT2D eigenvalue weighted by molar-refractivity contribution is 6.99. The highest BCUT2D eigenvalue weighted by Gasteiger charge is 2.50. The van der Waals surface area contributed by atoms with Crippen LogP contribution in [0.4, 0.5) is 0 Å². The molecule has 0 aliphatic heterocycles. The number of benzene rings is 3. The Kier molecular flexibility index (Phi) is 8.08. The largest absolute Gasteiger partial charge is 0.413 e. The van der Waals surface area contributed by atoms with Gasteiger partial charge < -0.3 is 8.85 Å². The standard InChI is InChI=1S/C30H42O2Si2/c1-29(2,3)33(7,8)31-23-25-19-21-26(22-20-25)24-32-34(30(4,5)6,27-15-11-9-12-16-27)28-17-13-10-14-18-28/h9-22H,23-24H2,1-8H3. The molecule has 0 saturated carbocycles. The Hall–Kier alpha value is -1.99. The normalized spacial score (nSPS) is 13.2. The van der Waals surface area contributed by atoms with E-state index in [0.29, 0.717) is 13.2 Å². The topological polar surface area (TPSA) is 18.5 Å². The molecule has 3 aromatic rings. The van der Waals surface area contributed by atoms with E-state index >= 15 is 0 Å². The lowest BCUT2D eigenvalue weighted by atomic mass is 10.1. The van der Waals surface area contributed by atoms with Crippen molar-refractivity contribution in [1.29, 1.82) is 0 Å². The minimum atomic E-state index is -2.53. The molecule has 0 atom stereocenters. The van der Waals surface area contributed by atoms with E-state index in [9.17, 15) is 0 Å². The molecular formula is C30H42O2Si2. The van der Waals surface area contributed by atoms with Gasteiger partial charge in [0.2, 0.25) is 0 Å². The van der Waals surface area contributed by atoms with E-state index < -0.39 is 16.6 Å². The molecule has 0 bridgehead atoms. The highest BCUT2D eigenvalue weighted by Crippen LogP contribution is 2.38. The van der Waals surface area contributed by atoms with E-state index in [1.165, 1.54) is 21.5 Å². The Morgan fingerprint density at radius 2 is 0.912 bits per heavy atom. The molecule has 0 radical (unpaired) electrons. The first kappa shape index (κ1) is 26.6. The predicted molar refractivity (Wildman–Crippen MR) is 151 cm³/mol. The smallest absolute Gasteiger partial charge is 0.261 e. The van der Waals surface area contributed by atoms with Gasteiger partial charge >= 0.3 is 0 Å². The molecule has 182 valence electrons. The second-order valence-corrected chi connectivity index (χ2v) is 20.9. The molecule has 0 fully saturated rings. The fraction of sp³-hybridized carbons (Fsp3) is 0.400. The summed E-state index contributed by atoms with van der Waals surface area (Å²) in [7, 11) is -4.28. The van der Waals surface area contributed by atoms with Crippen LogP contribution in [0.1, 0.15) is 52.7 Å². The molecule has 0 aromatic heterocycles. The van der Waals surface area contributed by atoms with Crippen LogP contribution in [0, 0.1) is 0 Å². The molecule has 3 rings (SSSR count). The fourth-order valence-electron chi connectivity index (χ4n) is 4.17. The quantitative estimate of drug-likeness (QED) is 0.309. The van der Waals surface area contributed by atoms with Crippen molar-refractivity contribution in [1.82, 2.24) is 0 Å². The van der Waals surface area contributed by atoms with Crippen molar-refractivity contribution in [3.8, 4) is 0 Å². The molecule has 34 heavy (non-hydrogen) atoms. The van der Waals surface area contributed by atoms with Crippen LogP contribution in [0.15, 0.2) is 84.9 Å². The Morgan fingerprint density at radius 1 is 0.529 bits per heavy atom. The van der Waals surface area contributed by atoms with Crippen molar-refractivity contribution < 1.29 is 8.85 Å². The van der Waals surface area contributed by atoms with E-state index in [4.69, 9.17) is 8.85 Å². The van der Waals surface area contributed by atoms with Gasteiger partial charge in [-0.3, -0.25) is 0 Å². The van der Waals surface area contributed by atoms with Gasteiger partial charge in [-0.1, -0.05) is 126 Å². The molecule has 0 heterocycles. The highest BCUT2D eigenvalue weighted by atomic mass is 28.4. The van der Waals surface area contributed by atoms with Gasteiger partial charge in [-0.15, -0.1) is 0 Å². The monoisotopic (exact) mass is 490 g/mol. The fourth-order valence-corrected chi connectivity index (χ4v) is 9.66. The van der Waals surface area contributed by atoms with Gasteiger partial charge in [-0.05, 0) is 44.7 Å². The van der Waals surface area contributed by atoms with Crippen molar-refractivity contribution in [2.45, 2.75) is 77.9 Å². The molecule has 0 saturated heterocycles. The minimum absolute atomic E-state index is 0.0212. The van der Waals surface area contributed by atoms with Crippen molar-refractivity contribution in [2.24, 2.45) is 0 Å². The number of hydrogen-bond donors (Lipinski definition) is 0. The molecule has 3 aromatic carbocycles. The molecule has 4 heteroatoms. The molecule has 2 nitrogen and oxygen atoms in total. The van der Waals surface area contributed by atoms with Crippen molar-refractivity contribution in [2.75, 3.05) is 0 Å². The van der Waals surface area contributed by atoms with Crippen LogP contribution in [0.25, 0.3) is 0 Å². The van der Waals surface area contributed by atoms with Crippen molar-refractivity contribution in [3.05, 3.63) is 96.1 Å². The Bertz CT molecular complexity index is 992. The number of hydrogen-bond acceptors (Lipinski definition) is 2. The van der Waals surface area contributed by atoms with Gasteiger partial charge in [0.05, 0.1) is 13.2 Å². The second-order valence-electron chi connectivity index (χ2n) is 11.8. The molecule has 0 aliphatic rings. The maximum atomic E-state index is 7.07. The van der Waals surface area contributed by atoms with Crippen molar-refractivity contribution >= 4 is 27.0 Å². The van der Waals surface area contributed by atoms with E-state index in [-0.39, 0.29) is 10.1 Å². The first-order valence-corrected chi connectivity index (χ1v) is 17.2. The summed E-state index contributed by atoms with van der Waals surface area (Å²) in [5.41, 5.74) is 2.42. The van der Waals surface area contributed by atoms with Crippen LogP contribution >= 0.6 is 0 Å². The summed E-state index contributed by atoms with van der Waals surface area (Å²) in [4.78, 5) is 0. The third kappa shape index (κ3) is 5.80. The van der Waals surface area contributed by atoms with E-state index in [2.05, 4.69) is 140 Å². The molecule has 0 amide bonds. The second kappa shape index (κ2) is 10.3. The van der Waals surface area contributed by atoms with E-state index in [1.54, 1.807) is 0 Å². The minimum Gasteiger partial charge on any atom is -0.413 e. The maximum absolute atomic E-state index is 7.07. The average molecular weight is 491 g/mol. The van der Waals surface area contributed by atoms with Gasteiger partial charge in [0, 0.05) is 0 Å². The Morgan fingerprint density at radius 3 is 1.26 bits per heavy atom. The summed E-state index contributed by atoms with van der Waals surface area (Å²) < 4.78 is 13.5. The summed E-state index contributed by atoms with van der Waals surface area (Å²) in [6, 6.07) is 30.4. The van der Waals surface area contributed by atoms with Crippen LogP contribution in [0.5, 0.6) is 0 Å². The zero-order valence-corrected chi connectivity index (χ0v) is 24.3. The summed E-state index contributed by atoms with van der Waals surface area (Å²) in [6.45, 7) is 19.7. The predicted octanol–water partition coefficient (Wildman–Crippen LogP) is 7.29. The van der Waals surface area contributed by atoms with Gasteiger partial charge in [0.1, 0.15) is 0 Å². The van der Waals surface area contributed by atoms with Gasteiger partial charge in [-0.2, -0.15) is 0 Å². The summed E-state index contributed by atoms with van der Waals surface area (Å²) >= 11 is 0. The van der Waals surface area contributed by atoms with Gasteiger partial charge in [0.25, 0.3) is 8.32 Å². The first-order valence-electron chi connectivity index (χ1n) is 12.3. The Balaban J connectivity index is 1.84. The van der Waals surface area contributed by atoms with Gasteiger partial charge in [-0.25, -0.2) is 0 Å². The van der Waals surface area contributed by atoms with Crippen LogP contribution < -0.4 is 10.4 Å². The van der Waals surface area contributed by atoms with E-state index in [0.717, 1.165) is 0 Å². The zero-order chi connectivity index (χ0) is 25.0. The van der Waals surface area contributed by atoms with Crippen molar-refractivity contribution in [3.63, 3.8) is 0 Å². The molecular weight excluding hydrogens is 449 g/mol. The first-order chi connectivity index (χ1) is 15.9. The summed E-state index contributed by atoms with van der Waals surface area (Å²) in [5, 5.41) is 2.82. The van der Waals surface area contributed by atoms with Crippen LogP contribution in [-0.2, 0) is 22.1 Å². The molecule has 0 unspecified atom stereocenters. The lowest BCUT2D eigenvalue weighted by molar-refractivity contribution is 0.275. The SMILES string of the molecule is CC(C)(C)[Si](C)(C)OCc1ccc(CO[Si](c2ccccc2)(c2ccccc2)C(C)(C)C)cc1. The lowest BCUT2D eigenvalue weighted by Crippen LogP contribution is -2.66. The van der Waals surface area contributed by atoms with Crippen LogP contribution in [0.3, 0.4) is 0 Å². The molecule has 0 aliphatic carbocycles. The molecule has 0 N–H and O–H groups in total. The summed E-state index contributed by atoms with van der Waals surface area (Å²) in [6.07, 6.45) is 0. The Labute approximate surface area is 209 Å². The zero-order valence-electron chi connectivity index (χ0n) is 22.3. The van der Waals surface area contributed by atoms with Crippen LogP contribution in [-0.4, -0.2) is 16.6 Å². The number of rotatable bonds is 8. The third-order valence-corrected chi connectivity index (χ3v) is 16.8. The lowest BCUT2D eigenvalue weighted by Gasteiger charge is -2.43. The maximum Gasteiger partial charge on any atom is 0.261 e. The summed E-state index contributed by atoms with van der Waals surface area (Å²) in [5.74, 6) is 0. The third-order valence-electron chi connectivity index (χ3n) is 7.30. The molecule has 0 spiro atoms. The average Bonchev–Trinajstić information content (AvgIpc) is 2.79.